The number of nitro groups is 1. The van der Waals surface area contributed by atoms with Gasteiger partial charge in [-0.3, -0.25) is 19.7 Å². The van der Waals surface area contributed by atoms with Crippen LogP contribution >= 0.6 is 0 Å². The second-order valence-electron chi connectivity index (χ2n) is 4.63. The Morgan fingerprint density at radius 3 is 2.10 bits per heavy atom. The fraction of sp³-hybridized carbons (Fsp3) is 0.133. The predicted molar refractivity (Wildman–Crippen MR) is 77.4 cm³/mol. The highest BCUT2D eigenvalue weighted by Crippen LogP contribution is 2.16. The van der Waals surface area contributed by atoms with Gasteiger partial charge >= 0.3 is 0 Å². The van der Waals surface area contributed by atoms with Crippen LogP contribution in [0.25, 0.3) is 0 Å². The van der Waals surface area contributed by atoms with Crippen LogP contribution in [0.3, 0.4) is 0 Å². The van der Waals surface area contributed by atoms with Gasteiger partial charge in [0.25, 0.3) is 11.6 Å². The van der Waals surface area contributed by atoms with Crippen molar-refractivity contribution < 1.29 is 14.5 Å². The number of allylic oxidation sites excluding steroid dienone is 4. The second-order valence-corrected chi connectivity index (χ2v) is 4.63. The number of aliphatic imine (C=N–C) groups is 1. The van der Waals surface area contributed by atoms with E-state index < -0.39 is 10.8 Å². The zero-order chi connectivity index (χ0) is 15.6. The molecule has 0 saturated heterocycles. The summed E-state index contributed by atoms with van der Waals surface area (Å²) in [4.78, 5) is 37.4. The highest BCUT2D eigenvalue weighted by molar-refractivity contribution is 6.25. The zero-order valence-electron chi connectivity index (χ0n) is 11.5. The van der Waals surface area contributed by atoms with E-state index in [0.717, 1.165) is 0 Å². The van der Waals surface area contributed by atoms with Crippen LogP contribution in [-0.4, -0.2) is 22.3 Å². The highest BCUT2D eigenvalue weighted by atomic mass is 16.6. The fourth-order valence-electron chi connectivity index (χ4n) is 1.98. The summed E-state index contributed by atoms with van der Waals surface area (Å²) in [7, 11) is 0. The van der Waals surface area contributed by atoms with Crippen LogP contribution < -0.4 is 0 Å². The topological polar surface area (TPSA) is 89.6 Å². The van der Waals surface area contributed by atoms with Crippen molar-refractivity contribution in [3.05, 3.63) is 63.2 Å². The minimum atomic E-state index is -0.535. The molecule has 0 fully saturated rings. The molecule has 1 aliphatic carbocycles. The van der Waals surface area contributed by atoms with Gasteiger partial charge in [0.05, 0.1) is 10.6 Å². The quantitative estimate of drug-likeness (QED) is 0.474. The molecule has 0 aliphatic heterocycles. The first kappa shape index (κ1) is 14.5. The molecule has 0 bridgehead atoms. The Labute approximate surface area is 120 Å². The van der Waals surface area contributed by atoms with Crippen molar-refractivity contribution in [1.29, 1.82) is 0 Å². The van der Waals surface area contributed by atoms with Crippen LogP contribution in [0.1, 0.15) is 24.2 Å². The van der Waals surface area contributed by atoms with Gasteiger partial charge < -0.3 is 0 Å². The van der Waals surface area contributed by atoms with Gasteiger partial charge in [-0.15, -0.1) is 0 Å². The van der Waals surface area contributed by atoms with Gasteiger partial charge in [-0.25, -0.2) is 4.99 Å². The van der Waals surface area contributed by atoms with E-state index in [0.29, 0.717) is 16.9 Å². The van der Waals surface area contributed by atoms with E-state index in [2.05, 4.69) is 4.99 Å². The molecule has 6 heteroatoms. The lowest BCUT2D eigenvalue weighted by Gasteiger charge is -2.10. The lowest BCUT2D eigenvalue weighted by Crippen LogP contribution is -2.13. The summed E-state index contributed by atoms with van der Waals surface area (Å²) in [5.41, 5.74) is 1.86. The standard InChI is InChI=1S/C15H12N2O4/c1-9-7-13(18)8-10(2)14(9)16-15(19)11-3-5-12(6-4-11)17(20)21/h3-8H,1-2H3. The number of hydrogen-bond donors (Lipinski definition) is 0. The number of rotatable bonds is 2. The molecular formula is C15H12N2O4. The van der Waals surface area contributed by atoms with Gasteiger partial charge in [0.1, 0.15) is 0 Å². The number of nitrogens with zero attached hydrogens (tertiary/aromatic N) is 2. The molecular weight excluding hydrogens is 272 g/mol. The molecule has 1 aromatic carbocycles. The number of carbonyl (C=O) groups is 2. The third kappa shape index (κ3) is 3.17. The van der Waals surface area contributed by atoms with Gasteiger partial charge in [0, 0.05) is 17.7 Å². The first-order chi connectivity index (χ1) is 9.88. The first-order valence-corrected chi connectivity index (χ1v) is 6.17. The van der Waals surface area contributed by atoms with E-state index in [-0.39, 0.29) is 17.0 Å². The Morgan fingerprint density at radius 1 is 1.10 bits per heavy atom. The summed E-state index contributed by atoms with van der Waals surface area (Å²) in [5.74, 6) is -0.638. The lowest BCUT2D eigenvalue weighted by molar-refractivity contribution is -0.384. The van der Waals surface area contributed by atoms with Crippen molar-refractivity contribution in [2.24, 2.45) is 4.99 Å². The number of ketones is 1. The van der Waals surface area contributed by atoms with E-state index in [4.69, 9.17) is 0 Å². The third-order valence-electron chi connectivity index (χ3n) is 3.00. The van der Waals surface area contributed by atoms with Crippen molar-refractivity contribution in [2.75, 3.05) is 0 Å². The van der Waals surface area contributed by atoms with E-state index in [1.54, 1.807) is 13.8 Å². The van der Waals surface area contributed by atoms with Crippen molar-refractivity contribution in [1.82, 2.24) is 0 Å². The van der Waals surface area contributed by atoms with Gasteiger partial charge in [-0.2, -0.15) is 0 Å². The summed E-state index contributed by atoms with van der Waals surface area (Å²) in [5, 5.41) is 10.6. The molecule has 2 rings (SSSR count). The number of amides is 1. The van der Waals surface area contributed by atoms with E-state index in [1.165, 1.54) is 36.4 Å². The molecule has 106 valence electrons. The van der Waals surface area contributed by atoms with Crippen molar-refractivity contribution in [3.8, 4) is 0 Å². The van der Waals surface area contributed by atoms with Gasteiger partial charge in [-0.05, 0) is 49.3 Å². The molecule has 0 saturated carbocycles. The summed E-state index contributed by atoms with van der Waals surface area (Å²) in [6.45, 7) is 3.41. The van der Waals surface area contributed by atoms with Crippen LogP contribution in [-0.2, 0) is 4.79 Å². The summed E-state index contributed by atoms with van der Waals surface area (Å²) < 4.78 is 0. The van der Waals surface area contributed by atoms with Gasteiger partial charge in [-0.1, -0.05) is 0 Å². The summed E-state index contributed by atoms with van der Waals surface area (Å²) in [6.07, 6.45) is 2.82. The van der Waals surface area contributed by atoms with Gasteiger partial charge in [0.2, 0.25) is 0 Å². The molecule has 1 aromatic rings. The normalized spacial score (nSPS) is 14.4. The number of hydrogen-bond acceptors (Lipinski definition) is 4. The molecule has 1 aliphatic rings. The van der Waals surface area contributed by atoms with E-state index >= 15 is 0 Å². The molecule has 0 aromatic heterocycles. The summed E-state index contributed by atoms with van der Waals surface area (Å²) >= 11 is 0. The number of benzene rings is 1. The Bertz CT molecular complexity index is 701. The zero-order valence-corrected chi connectivity index (χ0v) is 11.5. The molecule has 0 N–H and O–H groups in total. The van der Waals surface area contributed by atoms with Crippen LogP contribution in [0.5, 0.6) is 0 Å². The number of nitro benzene ring substituents is 1. The molecule has 0 radical (unpaired) electrons. The SMILES string of the molecule is CC1=CC(=O)C=C(C)C1=NC(=O)c1ccc([N+](=O)[O-])cc1. The maximum atomic E-state index is 12.1. The highest BCUT2D eigenvalue weighted by Gasteiger charge is 2.16. The first-order valence-electron chi connectivity index (χ1n) is 6.17. The van der Waals surface area contributed by atoms with Crippen LogP contribution in [0.15, 0.2) is 52.6 Å². The van der Waals surface area contributed by atoms with E-state index in [9.17, 15) is 19.7 Å². The smallest absolute Gasteiger partial charge is 0.277 e. The third-order valence-corrected chi connectivity index (χ3v) is 3.00. The maximum absolute atomic E-state index is 12.1. The maximum Gasteiger partial charge on any atom is 0.277 e. The van der Waals surface area contributed by atoms with E-state index in [1.807, 2.05) is 0 Å². The second kappa shape index (κ2) is 5.62. The Balaban J connectivity index is 2.30. The molecule has 0 unspecified atom stereocenters. The monoisotopic (exact) mass is 284 g/mol. The fourth-order valence-corrected chi connectivity index (χ4v) is 1.98. The molecule has 0 atom stereocenters. The Kier molecular flexibility index (Phi) is 3.89. The van der Waals surface area contributed by atoms with Crippen molar-refractivity contribution >= 4 is 23.1 Å². The molecule has 0 heterocycles. The van der Waals surface area contributed by atoms with Crippen molar-refractivity contribution in [3.63, 3.8) is 0 Å². The average molecular weight is 284 g/mol. The number of carbonyl (C=O) groups excluding carboxylic acids is 2. The minimum absolute atomic E-state index is 0.0883. The molecule has 6 nitrogen and oxygen atoms in total. The Hall–Kier alpha value is -2.89. The van der Waals surface area contributed by atoms with Crippen LogP contribution in [0.2, 0.25) is 0 Å². The largest absolute Gasteiger partial charge is 0.290 e. The van der Waals surface area contributed by atoms with Crippen LogP contribution in [0.4, 0.5) is 5.69 Å². The Morgan fingerprint density at radius 2 is 1.62 bits per heavy atom. The van der Waals surface area contributed by atoms with Crippen molar-refractivity contribution in [2.45, 2.75) is 13.8 Å². The van der Waals surface area contributed by atoms with Gasteiger partial charge in [0.15, 0.2) is 5.78 Å². The molecule has 0 spiro atoms. The number of non-ortho nitro benzene ring substituents is 1. The molecule has 1 amide bonds. The predicted octanol–water partition coefficient (Wildman–Crippen LogP) is 2.65. The minimum Gasteiger partial charge on any atom is -0.290 e. The molecule has 21 heavy (non-hydrogen) atoms. The van der Waals surface area contributed by atoms with Crippen LogP contribution in [0, 0.1) is 10.1 Å². The summed E-state index contributed by atoms with van der Waals surface area (Å²) in [6, 6.07) is 5.22. The lowest BCUT2D eigenvalue weighted by atomic mass is 9.97. The average Bonchev–Trinajstić information content (AvgIpc) is 2.42.